The fourth-order valence-corrected chi connectivity index (χ4v) is 2.63. The van der Waals surface area contributed by atoms with Crippen LogP contribution in [0.3, 0.4) is 0 Å². The summed E-state index contributed by atoms with van der Waals surface area (Å²) in [6.07, 6.45) is 0. The molecule has 1 aromatic heterocycles. The number of hydrogen-bond donors (Lipinski definition) is 0. The van der Waals surface area contributed by atoms with Crippen LogP contribution in [0.1, 0.15) is 10.4 Å². The van der Waals surface area contributed by atoms with E-state index in [-0.39, 0.29) is 10.8 Å². The van der Waals surface area contributed by atoms with Gasteiger partial charge in [-0.1, -0.05) is 29.8 Å². The number of benzene rings is 1. The molecule has 1 heterocycles. The molecule has 0 unspecified atom stereocenters. The number of allylic oxidation sites excluding steroid dienone is 1. The molecule has 0 amide bonds. The van der Waals surface area contributed by atoms with E-state index in [0.29, 0.717) is 11.1 Å². The van der Waals surface area contributed by atoms with Crippen molar-refractivity contribution in [3.63, 3.8) is 0 Å². The molecule has 0 aliphatic carbocycles. The highest BCUT2D eigenvalue weighted by molar-refractivity contribution is 7.11. The Morgan fingerprint density at radius 1 is 1.30 bits per heavy atom. The normalized spacial score (nSPS) is 11.9. The molecular weight excluding hydrogens is 304 g/mol. The Morgan fingerprint density at radius 3 is 2.70 bits per heavy atom. The number of halogens is 3. The van der Waals surface area contributed by atoms with Gasteiger partial charge in [-0.3, -0.25) is 0 Å². The molecule has 0 N–H and O–H groups in total. The van der Waals surface area contributed by atoms with Crippen LogP contribution in [0.2, 0.25) is 0 Å². The fourth-order valence-electron chi connectivity index (χ4n) is 1.59. The predicted molar refractivity (Wildman–Crippen MR) is 75.7 cm³/mol. The molecule has 0 fully saturated rings. The van der Waals surface area contributed by atoms with Gasteiger partial charge in [0, 0.05) is 4.88 Å². The standard InChI is InChI=1S/C14H8ClF2NOS/c15-13(11(8-18)12-5-2-6-20-12)9-3-1-4-10(7-9)19-14(16)17/h1-7,14H. The maximum atomic E-state index is 12.2. The van der Waals surface area contributed by atoms with Gasteiger partial charge in [-0.2, -0.15) is 14.0 Å². The van der Waals surface area contributed by atoms with Crippen molar-refractivity contribution in [3.05, 3.63) is 52.2 Å². The number of nitrogens with zero attached hydrogens (tertiary/aromatic N) is 1. The van der Waals surface area contributed by atoms with Gasteiger partial charge in [-0.05, 0) is 29.1 Å². The summed E-state index contributed by atoms with van der Waals surface area (Å²) >= 11 is 7.57. The number of thiophene rings is 1. The molecule has 0 bridgehead atoms. The Labute approximate surface area is 123 Å². The van der Waals surface area contributed by atoms with Crippen LogP contribution in [0.4, 0.5) is 8.78 Å². The Hall–Kier alpha value is -1.90. The van der Waals surface area contributed by atoms with Crippen molar-refractivity contribution in [2.75, 3.05) is 0 Å². The second-order valence-electron chi connectivity index (χ2n) is 3.68. The van der Waals surface area contributed by atoms with Gasteiger partial charge in [0.1, 0.15) is 11.8 Å². The van der Waals surface area contributed by atoms with Gasteiger partial charge < -0.3 is 4.74 Å². The summed E-state index contributed by atoms with van der Waals surface area (Å²) in [6.45, 7) is -2.90. The predicted octanol–water partition coefficient (Wildman–Crippen LogP) is 4.98. The third kappa shape index (κ3) is 3.35. The van der Waals surface area contributed by atoms with Crippen molar-refractivity contribution >= 4 is 33.5 Å². The van der Waals surface area contributed by atoms with E-state index in [2.05, 4.69) is 4.74 Å². The number of hydrogen-bond acceptors (Lipinski definition) is 3. The molecular formula is C14H8ClF2NOS. The fraction of sp³-hybridized carbons (Fsp3) is 0.0714. The highest BCUT2D eigenvalue weighted by Gasteiger charge is 2.12. The molecule has 20 heavy (non-hydrogen) atoms. The third-order valence-electron chi connectivity index (χ3n) is 2.41. The van der Waals surface area contributed by atoms with E-state index in [9.17, 15) is 14.0 Å². The van der Waals surface area contributed by atoms with Gasteiger partial charge in [0.2, 0.25) is 0 Å². The number of ether oxygens (including phenoxy) is 1. The van der Waals surface area contributed by atoms with Gasteiger partial charge in [-0.25, -0.2) is 0 Å². The van der Waals surface area contributed by atoms with Crippen LogP contribution < -0.4 is 4.74 Å². The van der Waals surface area contributed by atoms with E-state index in [1.165, 1.54) is 23.5 Å². The van der Waals surface area contributed by atoms with Gasteiger partial charge in [0.15, 0.2) is 0 Å². The van der Waals surface area contributed by atoms with Crippen LogP contribution in [-0.4, -0.2) is 6.61 Å². The zero-order valence-electron chi connectivity index (χ0n) is 10.0. The Morgan fingerprint density at radius 2 is 2.10 bits per heavy atom. The minimum Gasteiger partial charge on any atom is -0.435 e. The van der Waals surface area contributed by atoms with Crippen molar-refractivity contribution in [2.45, 2.75) is 6.61 Å². The molecule has 1 aromatic carbocycles. The van der Waals surface area contributed by atoms with Crippen LogP contribution in [0.15, 0.2) is 41.8 Å². The highest BCUT2D eigenvalue weighted by atomic mass is 35.5. The van der Waals surface area contributed by atoms with Crippen molar-refractivity contribution in [3.8, 4) is 11.8 Å². The number of nitriles is 1. The van der Waals surface area contributed by atoms with Crippen LogP contribution in [-0.2, 0) is 0 Å². The Balaban J connectivity index is 2.42. The summed E-state index contributed by atoms with van der Waals surface area (Å²) < 4.78 is 28.7. The molecule has 2 nitrogen and oxygen atoms in total. The van der Waals surface area contributed by atoms with E-state index in [4.69, 9.17) is 11.6 Å². The summed E-state index contributed by atoms with van der Waals surface area (Å²) in [7, 11) is 0. The Kier molecular flexibility index (Phi) is 4.72. The Bertz CT molecular complexity index is 662. The minimum absolute atomic E-state index is 0.000815. The molecule has 0 aliphatic heterocycles. The van der Waals surface area contributed by atoms with Crippen LogP contribution >= 0.6 is 22.9 Å². The van der Waals surface area contributed by atoms with Gasteiger partial charge >= 0.3 is 6.61 Å². The van der Waals surface area contributed by atoms with Crippen molar-refractivity contribution in [1.82, 2.24) is 0 Å². The maximum absolute atomic E-state index is 12.2. The molecule has 6 heteroatoms. The van der Waals surface area contributed by atoms with Crippen molar-refractivity contribution in [1.29, 1.82) is 5.26 Å². The second-order valence-corrected chi connectivity index (χ2v) is 5.01. The summed E-state index contributed by atoms with van der Waals surface area (Å²) in [5.74, 6) is -0.000815. The SMILES string of the molecule is N#CC(=C(Cl)c1cccc(OC(F)F)c1)c1cccs1. The smallest absolute Gasteiger partial charge is 0.387 e. The van der Waals surface area contributed by atoms with Gasteiger partial charge in [0.25, 0.3) is 0 Å². The monoisotopic (exact) mass is 311 g/mol. The van der Waals surface area contributed by atoms with Crippen LogP contribution in [0.25, 0.3) is 10.6 Å². The summed E-state index contributed by atoms with van der Waals surface area (Å²) in [5, 5.41) is 11.2. The zero-order valence-corrected chi connectivity index (χ0v) is 11.6. The summed E-state index contributed by atoms with van der Waals surface area (Å²) in [6, 6.07) is 11.5. The lowest BCUT2D eigenvalue weighted by Gasteiger charge is -2.07. The van der Waals surface area contributed by atoms with Crippen LogP contribution in [0.5, 0.6) is 5.75 Å². The van der Waals surface area contributed by atoms with E-state index < -0.39 is 6.61 Å². The van der Waals surface area contributed by atoms with Crippen molar-refractivity contribution < 1.29 is 13.5 Å². The molecule has 0 saturated heterocycles. The second kappa shape index (κ2) is 6.51. The maximum Gasteiger partial charge on any atom is 0.387 e. The average Bonchev–Trinajstić information content (AvgIpc) is 2.93. The quantitative estimate of drug-likeness (QED) is 0.746. The first-order chi connectivity index (χ1) is 9.61. The molecule has 0 radical (unpaired) electrons. The molecule has 102 valence electrons. The van der Waals surface area contributed by atoms with Crippen molar-refractivity contribution in [2.24, 2.45) is 0 Å². The molecule has 2 aromatic rings. The lowest BCUT2D eigenvalue weighted by molar-refractivity contribution is -0.0498. The minimum atomic E-state index is -2.90. The number of rotatable bonds is 4. The first-order valence-corrected chi connectivity index (χ1v) is 6.76. The molecule has 0 aliphatic rings. The van der Waals surface area contributed by atoms with E-state index in [1.54, 1.807) is 24.3 Å². The van der Waals surface area contributed by atoms with Crippen LogP contribution in [0, 0.1) is 11.3 Å². The first kappa shape index (κ1) is 14.5. The lowest BCUT2D eigenvalue weighted by atomic mass is 10.1. The van der Waals surface area contributed by atoms with E-state index >= 15 is 0 Å². The molecule has 0 spiro atoms. The average molecular weight is 312 g/mol. The summed E-state index contributed by atoms with van der Waals surface area (Å²) in [5.41, 5.74) is 0.755. The zero-order chi connectivity index (χ0) is 14.5. The first-order valence-electron chi connectivity index (χ1n) is 5.51. The molecule has 0 saturated carbocycles. The number of alkyl halides is 2. The lowest BCUT2D eigenvalue weighted by Crippen LogP contribution is -2.01. The van der Waals surface area contributed by atoms with E-state index in [1.807, 2.05) is 11.4 Å². The summed E-state index contributed by atoms with van der Waals surface area (Å²) in [4.78, 5) is 0.720. The third-order valence-corrected chi connectivity index (χ3v) is 3.71. The molecule has 2 rings (SSSR count). The van der Waals surface area contributed by atoms with E-state index in [0.717, 1.165) is 4.88 Å². The van der Waals surface area contributed by atoms with Gasteiger partial charge in [-0.15, -0.1) is 11.3 Å². The topological polar surface area (TPSA) is 33.0 Å². The highest BCUT2D eigenvalue weighted by Crippen LogP contribution is 2.33. The largest absolute Gasteiger partial charge is 0.435 e. The van der Waals surface area contributed by atoms with Gasteiger partial charge in [0.05, 0.1) is 10.6 Å². The molecule has 0 atom stereocenters.